The van der Waals surface area contributed by atoms with Crippen LogP contribution in [0, 0.1) is 6.92 Å². The van der Waals surface area contributed by atoms with Gasteiger partial charge in [-0.2, -0.15) is 5.10 Å². The maximum atomic E-state index is 12.7. The molecule has 0 aliphatic heterocycles. The molecule has 25 heavy (non-hydrogen) atoms. The number of rotatable bonds is 2. The summed E-state index contributed by atoms with van der Waals surface area (Å²) in [6.07, 6.45) is 1.44. The van der Waals surface area contributed by atoms with Gasteiger partial charge in [0.1, 0.15) is 5.52 Å². The number of benzene rings is 2. The highest BCUT2D eigenvalue weighted by molar-refractivity contribution is 6.30. The number of halogens is 1. The largest absolute Gasteiger partial charge is 0.350 e. The van der Waals surface area contributed by atoms with E-state index in [0.717, 1.165) is 26.7 Å². The second kappa shape index (κ2) is 5.75. The third-order valence-corrected chi connectivity index (χ3v) is 4.23. The molecule has 0 aliphatic rings. The summed E-state index contributed by atoms with van der Waals surface area (Å²) in [4.78, 5) is 30.8. The van der Waals surface area contributed by atoms with E-state index in [4.69, 9.17) is 11.6 Å². The summed E-state index contributed by atoms with van der Waals surface area (Å²) < 4.78 is 0.805. The molecule has 0 atom stereocenters. The zero-order valence-corrected chi connectivity index (χ0v) is 14.0. The summed E-state index contributed by atoms with van der Waals surface area (Å²) in [5.41, 5.74) is 2.26. The minimum absolute atomic E-state index is 0.313. The van der Waals surface area contributed by atoms with Crippen molar-refractivity contribution in [2.24, 2.45) is 5.10 Å². The number of fused-ring (bicyclic) bond motifs is 3. The summed E-state index contributed by atoms with van der Waals surface area (Å²) in [5, 5.41) is 5.42. The third-order valence-electron chi connectivity index (χ3n) is 3.98. The first-order valence-electron chi connectivity index (χ1n) is 7.60. The van der Waals surface area contributed by atoms with E-state index in [2.05, 4.69) is 15.1 Å². The van der Waals surface area contributed by atoms with Crippen LogP contribution in [0.15, 0.2) is 57.2 Å². The molecule has 0 aliphatic carbocycles. The summed E-state index contributed by atoms with van der Waals surface area (Å²) in [6, 6.07) is 12.6. The van der Waals surface area contributed by atoms with Gasteiger partial charge in [-0.15, -0.1) is 4.68 Å². The van der Waals surface area contributed by atoms with Crippen LogP contribution in [0.3, 0.4) is 0 Å². The van der Waals surface area contributed by atoms with Gasteiger partial charge in [0.2, 0.25) is 0 Å². The van der Waals surface area contributed by atoms with Gasteiger partial charge in [0, 0.05) is 15.9 Å². The van der Waals surface area contributed by atoms with Crippen molar-refractivity contribution in [1.82, 2.24) is 14.6 Å². The second-order valence-corrected chi connectivity index (χ2v) is 6.20. The highest BCUT2D eigenvalue weighted by atomic mass is 35.5. The molecule has 7 heteroatoms. The van der Waals surface area contributed by atoms with Gasteiger partial charge in [0.25, 0.3) is 0 Å². The topological polar surface area (TPSA) is 83.0 Å². The molecule has 2 N–H and O–H groups in total. The Labute approximate surface area is 146 Å². The van der Waals surface area contributed by atoms with Gasteiger partial charge >= 0.3 is 11.2 Å². The lowest BCUT2D eigenvalue weighted by molar-refractivity contribution is 0.770. The predicted molar refractivity (Wildman–Crippen MR) is 99.9 cm³/mol. The minimum atomic E-state index is -0.592. The molecule has 2 aromatic heterocycles. The molecule has 2 heterocycles. The molecule has 0 unspecified atom stereocenters. The van der Waals surface area contributed by atoms with Crippen LogP contribution in [0.5, 0.6) is 0 Å². The Hall–Kier alpha value is -3.12. The average molecular weight is 353 g/mol. The van der Waals surface area contributed by atoms with Gasteiger partial charge in [0.05, 0.1) is 11.7 Å². The summed E-state index contributed by atoms with van der Waals surface area (Å²) >= 11 is 5.84. The monoisotopic (exact) mass is 352 g/mol. The SMILES string of the molecule is Cc1ccc2[nH]c3c(=O)n(/N=C\c4ccc(Cl)cc4)c(=O)[nH]c3c2c1. The molecular weight excluding hydrogens is 340 g/mol. The molecule has 4 aromatic rings. The van der Waals surface area contributed by atoms with Crippen LogP contribution in [-0.4, -0.2) is 20.9 Å². The smallest absolute Gasteiger partial charge is 0.349 e. The van der Waals surface area contributed by atoms with Crippen molar-refractivity contribution in [3.63, 3.8) is 0 Å². The highest BCUT2D eigenvalue weighted by Crippen LogP contribution is 2.21. The number of aromatic nitrogens is 3. The summed E-state index contributed by atoms with van der Waals surface area (Å²) in [7, 11) is 0. The normalized spacial score (nSPS) is 11.8. The van der Waals surface area contributed by atoms with E-state index in [9.17, 15) is 9.59 Å². The van der Waals surface area contributed by atoms with Crippen molar-refractivity contribution >= 4 is 39.8 Å². The molecule has 0 fully saturated rings. The molecule has 0 amide bonds. The molecule has 4 rings (SSSR count). The summed E-state index contributed by atoms with van der Waals surface area (Å²) in [5.74, 6) is 0. The molecule has 0 bridgehead atoms. The fourth-order valence-corrected chi connectivity index (χ4v) is 2.86. The number of aryl methyl sites for hydroxylation is 1. The highest BCUT2D eigenvalue weighted by Gasteiger charge is 2.12. The molecule has 0 saturated carbocycles. The van der Waals surface area contributed by atoms with E-state index < -0.39 is 11.2 Å². The van der Waals surface area contributed by atoms with Crippen LogP contribution in [0.4, 0.5) is 0 Å². The van der Waals surface area contributed by atoms with Crippen LogP contribution in [0.2, 0.25) is 5.02 Å². The van der Waals surface area contributed by atoms with E-state index in [1.807, 2.05) is 25.1 Å². The Morgan fingerprint density at radius 3 is 2.56 bits per heavy atom. The van der Waals surface area contributed by atoms with E-state index in [-0.39, 0.29) is 0 Å². The molecule has 0 saturated heterocycles. The molecule has 0 radical (unpaired) electrons. The zero-order valence-electron chi connectivity index (χ0n) is 13.2. The quantitative estimate of drug-likeness (QED) is 0.543. The lowest BCUT2D eigenvalue weighted by Crippen LogP contribution is -2.32. The Morgan fingerprint density at radius 1 is 1.04 bits per heavy atom. The molecule has 0 spiro atoms. The van der Waals surface area contributed by atoms with Crippen LogP contribution in [0.25, 0.3) is 21.9 Å². The van der Waals surface area contributed by atoms with E-state index in [1.165, 1.54) is 6.21 Å². The van der Waals surface area contributed by atoms with Crippen LogP contribution < -0.4 is 11.2 Å². The zero-order chi connectivity index (χ0) is 17.6. The fraction of sp³-hybridized carbons (Fsp3) is 0.0556. The van der Waals surface area contributed by atoms with Crippen molar-refractivity contribution < 1.29 is 0 Å². The molecule has 2 aromatic carbocycles. The third kappa shape index (κ3) is 2.66. The van der Waals surface area contributed by atoms with Crippen LogP contribution in [-0.2, 0) is 0 Å². The first-order valence-corrected chi connectivity index (χ1v) is 7.98. The maximum Gasteiger partial charge on any atom is 0.350 e. The molecule has 6 nitrogen and oxygen atoms in total. The number of nitrogens with zero attached hydrogens (tertiary/aromatic N) is 2. The van der Waals surface area contributed by atoms with E-state index in [1.54, 1.807) is 24.3 Å². The van der Waals surface area contributed by atoms with Gasteiger partial charge in [0.15, 0.2) is 0 Å². The van der Waals surface area contributed by atoms with E-state index >= 15 is 0 Å². The molecular formula is C18H13ClN4O2. The van der Waals surface area contributed by atoms with Gasteiger partial charge in [-0.25, -0.2) is 4.79 Å². The Morgan fingerprint density at radius 2 is 1.80 bits per heavy atom. The number of H-pyrrole nitrogens is 2. The maximum absolute atomic E-state index is 12.7. The van der Waals surface area contributed by atoms with Crippen molar-refractivity contribution in [3.8, 4) is 0 Å². The second-order valence-electron chi connectivity index (χ2n) is 5.77. The van der Waals surface area contributed by atoms with Crippen molar-refractivity contribution in [2.75, 3.05) is 0 Å². The minimum Gasteiger partial charge on any atom is -0.349 e. The first-order chi connectivity index (χ1) is 12.0. The standard InChI is InChI=1S/C18H13ClN4O2/c1-10-2-7-14-13(8-10)15-16(21-14)17(24)23(18(25)22-15)20-9-11-3-5-12(19)6-4-11/h2-9,21H,1H3,(H,22,25)/b20-9-. The van der Waals surface area contributed by atoms with Gasteiger partial charge in [-0.3, -0.25) is 4.79 Å². The lowest BCUT2D eigenvalue weighted by atomic mass is 10.2. The fourth-order valence-electron chi connectivity index (χ4n) is 2.73. The lowest BCUT2D eigenvalue weighted by Gasteiger charge is -1.98. The van der Waals surface area contributed by atoms with Crippen molar-refractivity contribution in [2.45, 2.75) is 6.92 Å². The Balaban J connectivity index is 1.90. The Kier molecular flexibility index (Phi) is 3.54. The van der Waals surface area contributed by atoms with Gasteiger partial charge in [-0.1, -0.05) is 35.4 Å². The predicted octanol–water partition coefficient (Wildman–Crippen LogP) is 3.02. The van der Waals surface area contributed by atoms with Crippen molar-refractivity contribution in [3.05, 3.63) is 79.5 Å². The van der Waals surface area contributed by atoms with Gasteiger partial charge < -0.3 is 9.97 Å². The Bertz CT molecular complexity index is 1250. The molecule has 124 valence electrons. The number of nitrogens with one attached hydrogen (secondary N) is 2. The first kappa shape index (κ1) is 15.4. The van der Waals surface area contributed by atoms with Crippen molar-refractivity contribution in [1.29, 1.82) is 0 Å². The van der Waals surface area contributed by atoms with Crippen LogP contribution >= 0.6 is 11.6 Å². The van der Waals surface area contributed by atoms with E-state index in [0.29, 0.717) is 16.1 Å². The number of hydrogen-bond acceptors (Lipinski definition) is 3. The number of hydrogen-bond donors (Lipinski definition) is 2. The average Bonchev–Trinajstić information content (AvgIpc) is 2.94. The summed E-state index contributed by atoms with van der Waals surface area (Å²) in [6.45, 7) is 1.95. The number of aromatic amines is 2. The van der Waals surface area contributed by atoms with Gasteiger partial charge in [-0.05, 0) is 36.8 Å². The van der Waals surface area contributed by atoms with Crippen LogP contribution in [0.1, 0.15) is 11.1 Å².